The van der Waals surface area contributed by atoms with Gasteiger partial charge in [-0.05, 0) is 85.3 Å². The van der Waals surface area contributed by atoms with Gasteiger partial charge in [0, 0.05) is 31.2 Å². The fourth-order valence-corrected chi connectivity index (χ4v) is 5.83. The lowest BCUT2D eigenvalue weighted by atomic mass is 9.88. The molecule has 1 aromatic heterocycles. The number of hydrogen-bond acceptors (Lipinski definition) is 4. The van der Waals surface area contributed by atoms with E-state index in [1.165, 1.54) is 12.1 Å². The maximum absolute atomic E-state index is 14.3. The van der Waals surface area contributed by atoms with Crippen LogP contribution < -0.4 is 11.1 Å². The first-order valence-corrected chi connectivity index (χ1v) is 12.7. The molecule has 1 aliphatic rings. The van der Waals surface area contributed by atoms with E-state index >= 15 is 0 Å². The van der Waals surface area contributed by atoms with Crippen LogP contribution in [0.15, 0.2) is 36.5 Å². The number of aromatic nitrogens is 1. The molecule has 2 aromatic carbocycles. The van der Waals surface area contributed by atoms with Gasteiger partial charge < -0.3 is 16.0 Å². The molecule has 0 saturated carbocycles. The Labute approximate surface area is 193 Å². The van der Waals surface area contributed by atoms with E-state index in [0.29, 0.717) is 54.7 Å². The summed E-state index contributed by atoms with van der Waals surface area (Å²) < 4.78 is 40.3. The van der Waals surface area contributed by atoms with Gasteiger partial charge in [0.15, 0.2) is 0 Å². The zero-order chi connectivity index (χ0) is 23.8. The molecule has 1 saturated heterocycles. The van der Waals surface area contributed by atoms with E-state index in [9.17, 15) is 17.6 Å². The maximum atomic E-state index is 14.3. The number of hydrogen-bond donors (Lipinski definition) is 3. The van der Waals surface area contributed by atoms with Gasteiger partial charge in [-0.2, -0.15) is 0 Å². The molecule has 0 radical (unpaired) electrons. The van der Waals surface area contributed by atoms with Crippen LogP contribution in [-0.2, 0) is 16.6 Å². The lowest BCUT2D eigenvalue weighted by Crippen LogP contribution is -2.38. The molecule has 1 amide bonds. The third-order valence-corrected chi connectivity index (χ3v) is 8.29. The van der Waals surface area contributed by atoms with E-state index in [0.717, 1.165) is 16.5 Å². The normalized spacial score (nSPS) is 15.8. The summed E-state index contributed by atoms with van der Waals surface area (Å²) in [5.41, 5.74) is 9.88. The summed E-state index contributed by atoms with van der Waals surface area (Å²) in [5.74, 6) is -0.673. The molecule has 4 N–H and O–H groups in total. The van der Waals surface area contributed by atoms with Crippen molar-refractivity contribution in [1.29, 1.82) is 0 Å². The highest BCUT2D eigenvalue weighted by Gasteiger charge is 2.29. The van der Waals surface area contributed by atoms with E-state index < -0.39 is 15.9 Å². The minimum absolute atomic E-state index is 0.0965. The predicted molar refractivity (Wildman–Crippen MR) is 128 cm³/mol. The fraction of sp³-hybridized carbons (Fsp3) is 0.375. The number of nitrogens with two attached hydrogens (primary N) is 1. The summed E-state index contributed by atoms with van der Waals surface area (Å²) in [6.07, 6.45) is 3.26. The van der Waals surface area contributed by atoms with E-state index in [4.69, 9.17) is 5.73 Å². The third kappa shape index (κ3) is 4.66. The molecule has 4 rings (SSSR count). The number of aromatic amines is 1. The van der Waals surface area contributed by atoms with Gasteiger partial charge in [-0.1, -0.05) is 0 Å². The Morgan fingerprint density at radius 2 is 1.88 bits per heavy atom. The van der Waals surface area contributed by atoms with Gasteiger partial charge in [0.05, 0.1) is 16.8 Å². The number of primary amides is 1. The van der Waals surface area contributed by atoms with Crippen LogP contribution in [0, 0.1) is 5.82 Å². The number of H-pyrrole nitrogens is 1. The average molecular weight is 473 g/mol. The van der Waals surface area contributed by atoms with E-state index in [2.05, 4.69) is 10.3 Å². The molecule has 0 bridgehead atoms. The van der Waals surface area contributed by atoms with Crippen molar-refractivity contribution in [2.45, 2.75) is 32.2 Å². The Hall–Kier alpha value is -2.75. The summed E-state index contributed by atoms with van der Waals surface area (Å²) >= 11 is 0. The second kappa shape index (κ2) is 9.24. The molecule has 2 heterocycles. The van der Waals surface area contributed by atoms with Crippen LogP contribution in [-0.4, -0.2) is 49.5 Å². The molecule has 0 spiro atoms. The van der Waals surface area contributed by atoms with Crippen LogP contribution in [0.3, 0.4) is 0 Å². The van der Waals surface area contributed by atoms with Gasteiger partial charge in [-0.15, -0.1) is 0 Å². The number of carbonyl (C=O) groups excluding carboxylic acids is 1. The number of nitrogens with zero attached hydrogens (tertiary/aromatic N) is 1. The first kappa shape index (κ1) is 23.4. The summed E-state index contributed by atoms with van der Waals surface area (Å²) in [6.45, 7) is 3.10. The molecule has 33 heavy (non-hydrogen) atoms. The number of sulfonamides is 1. The van der Waals surface area contributed by atoms with Crippen LogP contribution in [0.1, 0.15) is 47.2 Å². The minimum Gasteiger partial charge on any atom is -0.366 e. The van der Waals surface area contributed by atoms with Crippen molar-refractivity contribution < 1.29 is 17.6 Å². The van der Waals surface area contributed by atoms with Crippen molar-refractivity contribution >= 4 is 26.8 Å². The Morgan fingerprint density at radius 3 is 2.52 bits per heavy atom. The maximum Gasteiger partial charge on any atom is 0.250 e. The van der Waals surface area contributed by atoms with E-state index in [-0.39, 0.29) is 17.5 Å². The second-order valence-electron chi connectivity index (χ2n) is 8.51. The fourth-order valence-electron chi connectivity index (χ4n) is 4.70. The van der Waals surface area contributed by atoms with Crippen molar-refractivity contribution in [2.75, 3.05) is 25.9 Å². The van der Waals surface area contributed by atoms with Crippen molar-refractivity contribution in [1.82, 2.24) is 14.6 Å². The quantitative estimate of drug-likeness (QED) is 0.490. The number of rotatable bonds is 7. The number of amides is 1. The Balaban J connectivity index is 1.76. The lowest BCUT2D eigenvalue weighted by Gasteiger charge is -2.31. The summed E-state index contributed by atoms with van der Waals surface area (Å²) in [4.78, 5) is 15.4. The molecule has 176 valence electrons. The summed E-state index contributed by atoms with van der Waals surface area (Å²) in [6, 6.07) is 8.48. The summed E-state index contributed by atoms with van der Waals surface area (Å²) in [5, 5.41) is 3.88. The molecule has 1 fully saturated rings. The van der Waals surface area contributed by atoms with Crippen LogP contribution in [0.25, 0.3) is 22.0 Å². The standard InChI is InChI=1S/C24H29FN4O3S/c1-3-33(31,32)29-6-4-16(5-7-29)22-14-28-23-20(22)11-18(12-21(23)24(26)30)17-8-15(13-27-2)9-19(25)10-17/h8-12,14,16,27-28H,3-7,13H2,1-2H3,(H2,26,30). The molecule has 1 aliphatic heterocycles. The molecular formula is C24H29FN4O3S. The number of benzene rings is 2. The van der Waals surface area contributed by atoms with Crippen LogP contribution >= 0.6 is 0 Å². The molecule has 0 atom stereocenters. The predicted octanol–water partition coefficient (Wildman–Crippen LogP) is 3.32. The highest BCUT2D eigenvalue weighted by atomic mass is 32.2. The molecule has 3 aromatic rings. The third-order valence-electron chi connectivity index (χ3n) is 6.41. The van der Waals surface area contributed by atoms with E-state index in [1.54, 1.807) is 24.3 Å². The SMILES string of the molecule is CCS(=O)(=O)N1CCC(c2c[nH]c3c(C(N)=O)cc(-c4cc(F)cc(CNC)c4)cc23)CC1. The number of piperidine rings is 1. The van der Waals surface area contributed by atoms with Crippen molar-refractivity contribution in [3.63, 3.8) is 0 Å². The van der Waals surface area contributed by atoms with Gasteiger partial charge in [0.1, 0.15) is 5.82 Å². The van der Waals surface area contributed by atoms with Gasteiger partial charge >= 0.3 is 0 Å². The largest absolute Gasteiger partial charge is 0.366 e. The smallest absolute Gasteiger partial charge is 0.250 e. The molecule has 9 heteroatoms. The van der Waals surface area contributed by atoms with E-state index in [1.807, 2.05) is 18.3 Å². The average Bonchev–Trinajstić information content (AvgIpc) is 3.22. The number of nitrogens with one attached hydrogen (secondary N) is 2. The van der Waals surface area contributed by atoms with Crippen LogP contribution in [0.4, 0.5) is 4.39 Å². The molecule has 0 aliphatic carbocycles. The zero-order valence-electron chi connectivity index (χ0n) is 18.8. The Bertz CT molecular complexity index is 1290. The summed E-state index contributed by atoms with van der Waals surface area (Å²) in [7, 11) is -1.41. The van der Waals surface area contributed by atoms with Crippen molar-refractivity contribution in [3.05, 3.63) is 59.0 Å². The lowest BCUT2D eigenvalue weighted by molar-refractivity contribution is 0.100. The van der Waals surface area contributed by atoms with Gasteiger partial charge in [0.25, 0.3) is 5.91 Å². The van der Waals surface area contributed by atoms with Gasteiger partial charge in [0.2, 0.25) is 10.0 Å². The van der Waals surface area contributed by atoms with Crippen molar-refractivity contribution in [2.24, 2.45) is 5.73 Å². The zero-order valence-corrected chi connectivity index (χ0v) is 19.6. The minimum atomic E-state index is -3.21. The molecule has 7 nitrogen and oxygen atoms in total. The van der Waals surface area contributed by atoms with Gasteiger partial charge in [-0.25, -0.2) is 17.1 Å². The highest BCUT2D eigenvalue weighted by Crippen LogP contribution is 2.37. The number of halogens is 1. The Kier molecular flexibility index (Phi) is 6.56. The highest BCUT2D eigenvalue weighted by molar-refractivity contribution is 7.89. The monoisotopic (exact) mass is 472 g/mol. The topological polar surface area (TPSA) is 108 Å². The first-order chi connectivity index (χ1) is 15.7. The van der Waals surface area contributed by atoms with Crippen LogP contribution in [0.2, 0.25) is 0 Å². The molecular weight excluding hydrogens is 443 g/mol. The second-order valence-corrected chi connectivity index (χ2v) is 10.8. The van der Waals surface area contributed by atoms with Crippen molar-refractivity contribution in [3.8, 4) is 11.1 Å². The van der Waals surface area contributed by atoms with Crippen LogP contribution in [0.5, 0.6) is 0 Å². The number of fused-ring (bicyclic) bond motifs is 1. The van der Waals surface area contributed by atoms with Gasteiger partial charge in [-0.3, -0.25) is 4.79 Å². The molecule has 0 unspecified atom stereocenters. The number of carbonyl (C=O) groups is 1. The Morgan fingerprint density at radius 1 is 1.18 bits per heavy atom. The first-order valence-electron chi connectivity index (χ1n) is 11.1.